The number of amides is 2. The Morgan fingerprint density at radius 3 is 2.20 bits per heavy atom. The van der Waals surface area contributed by atoms with Gasteiger partial charge in [0.05, 0.1) is 16.8 Å². The number of carbonyl (C=O) groups excluding carboxylic acids is 3. The SMILES string of the molecule is O=C(CN1C(=O)[C@H]2CC=CC[C@H]2C1=O)OCc1ccc([N+](=O)[O-])cc1. The highest BCUT2D eigenvalue weighted by Gasteiger charge is 2.47. The van der Waals surface area contributed by atoms with Gasteiger partial charge in [0.15, 0.2) is 0 Å². The fraction of sp³-hybridized carbons (Fsp3) is 0.353. The van der Waals surface area contributed by atoms with E-state index < -0.39 is 17.4 Å². The number of non-ortho nitro benzene ring substituents is 1. The van der Waals surface area contributed by atoms with E-state index in [-0.39, 0.29) is 35.9 Å². The number of ether oxygens (including phenoxy) is 1. The van der Waals surface area contributed by atoms with E-state index in [1.54, 1.807) is 0 Å². The van der Waals surface area contributed by atoms with Gasteiger partial charge in [0.1, 0.15) is 13.2 Å². The molecule has 2 amide bonds. The van der Waals surface area contributed by atoms with Crippen molar-refractivity contribution in [1.29, 1.82) is 0 Å². The van der Waals surface area contributed by atoms with Gasteiger partial charge in [0.25, 0.3) is 5.69 Å². The second kappa shape index (κ2) is 6.84. The minimum atomic E-state index is -0.688. The number of rotatable bonds is 5. The van der Waals surface area contributed by atoms with E-state index in [0.717, 1.165) is 4.90 Å². The number of imide groups is 1. The van der Waals surface area contributed by atoms with Gasteiger partial charge in [-0.2, -0.15) is 0 Å². The Hall–Kier alpha value is -3.03. The zero-order chi connectivity index (χ0) is 18.0. The second-order valence-corrected chi connectivity index (χ2v) is 6.00. The van der Waals surface area contributed by atoms with Crippen LogP contribution in [0.3, 0.4) is 0 Å². The Labute approximate surface area is 143 Å². The molecule has 0 saturated carbocycles. The summed E-state index contributed by atoms with van der Waals surface area (Å²) in [6.07, 6.45) is 4.79. The number of nitro groups is 1. The van der Waals surface area contributed by atoms with Gasteiger partial charge in [-0.25, -0.2) is 0 Å². The van der Waals surface area contributed by atoms with Gasteiger partial charge in [0.2, 0.25) is 11.8 Å². The Bertz CT molecular complexity index is 729. The van der Waals surface area contributed by atoms with Crippen LogP contribution in [0.1, 0.15) is 18.4 Å². The maximum Gasteiger partial charge on any atom is 0.326 e. The number of fused-ring (bicyclic) bond motifs is 1. The molecule has 1 heterocycles. The van der Waals surface area contributed by atoms with Crippen molar-refractivity contribution in [1.82, 2.24) is 4.90 Å². The highest BCUT2D eigenvalue weighted by Crippen LogP contribution is 2.34. The Morgan fingerprint density at radius 2 is 1.68 bits per heavy atom. The number of esters is 1. The maximum atomic E-state index is 12.3. The third-order valence-corrected chi connectivity index (χ3v) is 4.43. The molecule has 0 radical (unpaired) electrons. The van der Waals surface area contributed by atoms with Crippen LogP contribution < -0.4 is 0 Å². The van der Waals surface area contributed by atoms with Crippen LogP contribution in [-0.4, -0.2) is 34.2 Å². The average molecular weight is 344 g/mol. The molecule has 3 rings (SSSR count). The zero-order valence-corrected chi connectivity index (χ0v) is 13.3. The molecular formula is C17H16N2O6. The smallest absolute Gasteiger partial charge is 0.326 e. The lowest BCUT2D eigenvalue weighted by atomic mass is 9.85. The lowest BCUT2D eigenvalue weighted by Crippen LogP contribution is -2.36. The molecule has 1 aromatic rings. The van der Waals surface area contributed by atoms with Crippen LogP contribution in [0.5, 0.6) is 0 Å². The monoisotopic (exact) mass is 344 g/mol. The predicted molar refractivity (Wildman–Crippen MR) is 85.0 cm³/mol. The van der Waals surface area contributed by atoms with Crippen molar-refractivity contribution in [3.05, 3.63) is 52.1 Å². The molecule has 8 heteroatoms. The van der Waals surface area contributed by atoms with Crippen molar-refractivity contribution in [3.63, 3.8) is 0 Å². The summed E-state index contributed by atoms with van der Waals surface area (Å²) in [4.78, 5) is 47.5. The van der Waals surface area contributed by atoms with E-state index in [1.807, 2.05) is 12.2 Å². The fourth-order valence-corrected chi connectivity index (χ4v) is 3.08. The summed E-state index contributed by atoms with van der Waals surface area (Å²) >= 11 is 0. The van der Waals surface area contributed by atoms with Gasteiger partial charge in [-0.15, -0.1) is 0 Å². The van der Waals surface area contributed by atoms with Gasteiger partial charge in [0, 0.05) is 12.1 Å². The quantitative estimate of drug-likeness (QED) is 0.264. The number of carbonyl (C=O) groups is 3. The van der Waals surface area contributed by atoms with Crippen LogP contribution in [0.25, 0.3) is 0 Å². The molecule has 0 unspecified atom stereocenters. The predicted octanol–water partition coefficient (Wildman–Crippen LogP) is 1.59. The van der Waals surface area contributed by atoms with Gasteiger partial charge >= 0.3 is 5.97 Å². The van der Waals surface area contributed by atoms with E-state index in [1.165, 1.54) is 24.3 Å². The van der Waals surface area contributed by atoms with Crippen molar-refractivity contribution < 1.29 is 24.0 Å². The number of benzene rings is 1. The summed E-state index contributed by atoms with van der Waals surface area (Å²) in [5, 5.41) is 10.6. The van der Waals surface area contributed by atoms with Gasteiger partial charge in [-0.3, -0.25) is 29.4 Å². The largest absolute Gasteiger partial charge is 0.459 e. The summed E-state index contributed by atoms with van der Waals surface area (Å²) < 4.78 is 5.07. The molecule has 8 nitrogen and oxygen atoms in total. The Morgan fingerprint density at radius 1 is 1.12 bits per heavy atom. The van der Waals surface area contributed by atoms with Crippen LogP contribution in [-0.2, 0) is 25.7 Å². The van der Waals surface area contributed by atoms with E-state index in [9.17, 15) is 24.5 Å². The average Bonchev–Trinajstić information content (AvgIpc) is 2.86. The van der Waals surface area contributed by atoms with Crippen LogP contribution in [0.2, 0.25) is 0 Å². The third kappa shape index (κ3) is 3.42. The minimum absolute atomic E-state index is 0.0560. The van der Waals surface area contributed by atoms with Crippen LogP contribution in [0.4, 0.5) is 5.69 Å². The molecule has 1 aliphatic heterocycles. The molecule has 0 aromatic heterocycles. The summed E-state index contributed by atoms with van der Waals surface area (Å²) in [7, 11) is 0. The lowest BCUT2D eigenvalue weighted by Gasteiger charge is -2.14. The molecule has 2 aliphatic rings. The molecule has 130 valence electrons. The van der Waals surface area contributed by atoms with Crippen LogP contribution in [0.15, 0.2) is 36.4 Å². The first-order valence-electron chi connectivity index (χ1n) is 7.86. The molecule has 1 aliphatic carbocycles. The normalized spacial score (nSPS) is 22.0. The number of nitro benzene ring substituents is 1. The van der Waals surface area contributed by atoms with Crippen LogP contribution >= 0.6 is 0 Å². The van der Waals surface area contributed by atoms with Crippen molar-refractivity contribution in [2.24, 2.45) is 11.8 Å². The van der Waals surface area contributed by atoms with Gasteiger partial charge < -0.3 is 4.74 Å². The molecule has 1 saturated heterocycles. The molecule has 0 bridgehead atoms. The van der Waals surface area contributed by atoms with Gasteiger partial charge in [-0.05, 0) is 30.5 Å². The van der Waals surface area contributed by atoms with E-state index in [2.05, 4.69) is 0 Å². The molecule has 1 aromatic carbocycles. The highest BCUT2D eigenvalue weighted by molar-refractivity contribution is 6.07. The number of allylic oxidation sites excluding steroid dienone is 2. The first-order valence-corrected chi connectivity index (χ1v) is 7.86. The first kappa shape index (κ1) is 16.8. The third-order valence-electron chi connectivity index (χ3n) is 4.43. The second-order valence-electron chi connectivity index (χ2n) is 6.00. The summed E-state index contributed by atoms with van der Waals surface area (Å²) in [5.41, 5.74) is 0.524. The fourth-order valence-electron chi connectivity index (χ4n) is 3.08. The van der Waals surface area contributed by atoms with Crippen molar-refractivity contribution in [2.45, 2.75) is 19.4 Å². The summed E-state index contributed by atoms with van der Waals surface area (Å²) in [6.45, 7) is -0.487. The highest BCUT2D eigenvalue weighted by atomic mass is 16.6. The summed E-state index contributed by atoms with van der Waals surface area (Å²) in [6, 6.07) is 5.60. The number of likely N-dealkylation sites (tertiary alicyclic amines) is 1. The van der Waals surface area contributed by atoms with Crippen LogP contribution in [0, 0.1) is 22.0 Å². The molecule has 0 N–H and O–H groups in total. The van der Waals surface area contributed by atoms with E-state index in [4.69, 9.17) is 4.74 Å². The Balaban J connectivity index is 1.55. The number of hydrogen-bond donors (Lipinski definition) is 0. The van der Waals surface area contributed by atoms with E-state index in [0.29, 0.717) is 18.4 Å². The molecule has 25 heavy (non-hydrogen) atoms. The lowest BCUT2D eigenvalue weighted by molar-refractivity contribution is -0.384. The Kier molecular flexibility index (Phi) is 4.60. The molecule has 1 fully saturated rings. The van der Waals surface area contributed by atoms with E-state index >= 15 is 0 Å². The number of hydrogen-bond acceptors (Lipinski definition) is 6. The first-order chi connectivity index (χ1) is 12.0. The maximum absolute atomic E-state index is 12.3. The molecular weight excluding hydrogens is 328 g/mol. The van der Waals surface area contributed by atoms with Crippen molar-refractivity contribution in [2.75, 3.05) is 6.54 Å². The number of nitrogens with zero attached hydrogens (tertiary/aromatic N) is 2. The van der Waals surface area contributed by atoms with Crippen molar-refractivity contribution >= 4 is 23.5 Å². The van der Waals surface area contributed by atoms with Gasteiger partial charge in [-0.1, -0.05) is 12.2 Å². The molecule has 2 atom stereocenters. The topological polar surface area (TPSA) is 107 Å². The molecule has 0 spiro atoms. The standard InChI is InChI=1S/C17H16N2O6/c20-15(25-10-11-5-7-12(8-6-11)19(23)24)9-18-16(21)13-3-1-2-4-14(13)17(18)22/h1-2,5-8,13-14H,3-4,9-10H2/t13-,14+. The summed E-state index contributed by atoms with van der Waals surface area (Å²) in [5.74, 6) is -2.09. The zero-order valence-electron chi connectivity index (χ0n) is 13.3. The minimum Gasteiger partial charge on any atom is -0.459 e. The van der Waals surface area contributed by atoms with Crippen molar-refractivity contribution in [3.8, 4) is 0 Å².